The molecule has 1 aliphatic carbocycles. The van der Waals surface area contributed by atoms with Crippen LogP contribution in [-0.4, -0.2) is 46.3 Å². The Kier molecular flexibility index (Phi) is 3.98. The number of amides is 2. The Bertz CT molecular complexity index is 435. The van der Waals surface area contributed by atoms with Crippen LogP contribution in [-0.2, 0) is 9.59 Å². The van der Waals surface area contributed by atoms with Crippen LogP contribution in [0.5, 0.6) is 0 Å². The second-order valence-electron chi connectivity index (χ2n) is 7.45. The highest BCUT2D eigenvalue weighted by Gasteiger charge is 2.50. The van der Waals surface area contributed by atoms with Crippen molar-refractivity contribution in [2.24, 2.45) is 11.8 Å². The van der Waals surface area contributed by atoms with Gasteiger partial charge in [-0.15, -0.1) is 0 Å². The van der Waals surface area contributed by atoms with Crippen molar-refractivity contribution in [3.8, 4) is 0 Å². The summed E-state index contributed by atoms with van der Waals surface area (Å²) in [5.74, 6) is 1.15. The molecule has 3 aliphatic rings. The molecule has 0 radical (unpaired) electrons. The van der Waals surface area contributed by atoms with Gasteiger partial charge in [0.15, 0.2) is 0 Å². The molecule has 4 atom stereocenters. The van der Waals surface area contributed by atoms with Crippen molar-refractivity contribution in [3.63, 3.8) is 0 Å². The second kappa shape index (κ2) is 5.62. The molecule has 21 heavy (non-hydrogen) atoms. The van der Waals surface area contributed by atoms with E-state index >= 15 is 0 Å². The molecule has 4 heteroatoms. The van der Waals surface area contributed by atoms with Crippen molar-refractivity contribution < 1.29 is 9.59 Å². The van der Waals surface area contributed by atoms with Crippen molar-refractivity contribution in [3.05, 3.63) is 0 Å². The molecule has 2 aliphatic heterocycles. The Morgan fingerprint density at radius 1 is 1.00 bits per heavy atom. The van der Waals surface area contributed by atoms with Crippen molar-refractivity contribution >= 4 is 11.8 Å². The third-order valence-electron chi connectivity index (χ3n) is 5.68. The van der Waals surface area contributed by atoms with E-state index in [1.165, 1.54) is 12.8 Å². The minimum atomic E-state index is -0.239. The van der Waals surface area contributed by atoms with Crippen LogP contribution in [0.1, 0.15) is 59.3 Å². The smallest absolute Gasteiger partial charge is 0.246 e. The molecule has 2 saturated heterocycles. The minimum Gasteiger partial charge on any atom is -0.329 e. The molecule has 0 bridgehead atoms. The standard InChI is InChI=1S/C17H28N2O2/c1-11(2)15-17(21)18-10-5-4-8-14(18)16(20)19(15)13-9-6-7-12(13)3/h11-15H,4-10H2,1-3H3. The van der Waals surface area contributed by atoms with Gasteiger partial charge in [-0.25, -0.2) is 0 Å². The van der Waals surface area contributed by atoms with Crippen molar-refractivity contribution in [1.29, 1.82) is 0 Å². The Hall–Kier alpha value is -1.06. The Morgan fingerprint density at radius 2 is 1.76 bits per heavy atom. The quantitative estimate of drug-likeness (QED) is 0.784. The van der Waals surface area contributed by atoms with Gasteiger partial charge in [-0.3, -0.25) is 9.59 Å². The predicted molar refractivity (Wildman–Crippen MR) is 81.6 cm³/mol. The van der Waals surface area contributed by atoms with E-state index in [1.54, 1.807) is 0 Å². The number of hydrogen-bond acceptors (Lipinski definition) is 2. The number of rotatable bonds is 2. The van der Waals surface area contributed by atoms with Crippen LogP contribution in [0.2, 0.25) is 0 Å². The number of piperazine rings is 1. The highest BCUT2D eigenvalue weighted by atomic mass is 16.2. The summed E-state index contributed by atoms with van der Waals surface area (Å²) in [6.07, 6.45) is 6.40. The monoisotopic (exact) mass is 292 g/mol. The Morgan fingerprint density at radius 3 is 2.38 bits per heavy atom. The zero-order valence-corrected chi connectivity index (χ0v) is 13.5. The second-order valence-corrected chi connectivity index (χ2v) is 7.45. The highest BCUT2D eigenvalue weighted by Crippen LogP contribution is 2.37. The van der Waals surface area contributed by atoms with Crippen LogP contribution in [0.4, 0.5) is 0 Å². The molecule has 4 unspecified atom stereocenters. The third kappa shape index (κ3) is 2.36. The number of nitrogens with zero attached hydrogens (tertiary/aromatic N) is 2. The lowest BCUT2D eigenvalue weighted by atomic mass is 9.88. The van der Waals surface area contributed by atoms with E-state index in [0.29, 0.717) is 5.92 Å². The highest BCUT2D eigenvalue weighted by molar-refractivity contribution is 5.97. The van der Waals surface area contributed by atoms with Crippen LogP contribution in [0.25, 0.3) is 0 Å². The number of piperidine rings is 1. The molecule has 118 valence electrons. The van der Waals surface area contributed by atoms with Crippen LogP contribution in [0, 0.1) is 11.8 Å². The van der Waals surface area contributed by atoms with Crippen molar-refractivity contribution in [1.82, 2.24) is 9.80 Å². The van der Waals surface area contributed by atoms with Gasteiger partial charge in [0.1, 0.15) is 12.1 Å². The van der Waals surface area contributed by atoms with E-state index in [1.807, 2.05) is 9.80 Å². The van der Waals surface area contributed by atoms with E-state index < -0.39 is 0 Å². The molecule has 2 heterocycles. The average molecular weight is 292 g/mol. The first-order chi connectivity index (χ1) is 10.0. The fraction of sp³-hybridized carbons (Fsp3) is 0.882. The fourth-order valence-corrected chi connectivity index (χ4v) is 4.57. The van der Waals surface area contributed by atoms with Gasteiger partial charge in [0, 0.05) is 12.6 Å². The SMILES string of the molecule is CC(C)C1C(=O)N2CCCCC2C(=O)N1C1CCCC1C. The van der Waals surface area contributed by atoms with Crippen molar-refractivity contribution in [2.75, 3.05) is 6.54 Å². The van der Waals surface area contributed by atoms with Gasteiger partial charge in [0.25, 0.3) is 0 Å². The molecule has 0 aromatic carbocycles. The lowest BCUT2D eigenvalue weighted by Crippen LogP contribution is -2.69. The summed E-state index contributed by atoms with van der Waals surface area (Å²) in [6.45, 7) is 7.16. The van der Waals surface area contributed by atoms with Gasteiger partial charge in [-0.1, -0.05) is 27.2 Å². The van der Waals surface area contributed by atoms with E-state index in [9.17, 15) is 9.59 Å². The van der Waals surface area contributed by atoms with E-state index in [2.05, 4.69) is 20.8 Å². The largest absolute Gasteiger partial charge is 0.329 e. The van der Waals surface area contributed by atoms with E-state index in [4.69, 9.17) is 0 Å². The summed E-state index contributed by atoms with van der Waals surface area (Å²) in [6, 6.07) is -0.135. The number of carbonyl (C=O) groups is 2. The first kappa shape index (κ1) is 14.9. The zero-order valence-electron chi connectivity index (χ0n) is 13.5. The molecule has 0 aromatic heterocycles. The van der Waals surface area contributed by atoms with Crippen LogP contribution in [0.15, 0.2) is 0 Å². The topological polar surface area (TPSA) is 40.6 Å². The van der Waals surface area contributed by atoms with Gasteiger partial charge in [0.2, 0.25) is 11.8 Å². The lowest BCUT2D eigenvalue weighted by Gasteiger charge is -2.51. The van der Waals surface area contributed by atoms with E-state index in [0.717, 1.165) is 32.2 Å². The molecule has 0 spiro atoms. The maximum Gasteiger partial charge on any atom is 0.246 e. The summed E-state index contributed by atoms with van der Waals surface area (Å²) in [5.41, 5.74) is 0. The molecule has 0 aromatic rings. The van der Waals surface area contributed by atoms with Gasteiger partial charge in [-0.05, 0) is 43.9 Å². The number of carbonyl (C=O) groups excluding carboxylic acids is 2. The summed E-state index contributed by atoms with van der Waals surface area (Å²) in [4.78, 5) is 29.9. The molecular weight excluding hydrogens is 264 g/mol. The molecule has 3 rings (SSSR count). The van der Waals surface area contributed by atoms with Gasteiger partial charge in [0.05, 0.1) is 0 Å². The Balaban J connectivity index is 1.94. The molecule has 4 nitrogen and oxygen atoms in total. The summed E-state index contributed by atoms with van der Waals surface area (Å²) in [7, 11) is 0. The predicted octanol–water partition coefficient (Wildman–Crippen LogP) is 2.42. The number of hydrogen-bond donors (Lipinski definition) is 0. The van der Waals surface area contributed by atoms with Gasteiger partial charge < -0.3 is 9.80 Å². The van der Waals surface area contributed by atoms with Crippen LogP contribution < -0.4 is 0 Å². The maximum atomic E-state index is 13.1. The molecular formula is C17H28N2O2. The number of fused-ring (bicyclic) bond motifs is 1. The minimum absolute atomic E-state index is 0.172. The van der Waals surface area contributed by atoms with Crippen molar-refractivity contribution in [2.45, 2.75) is 77.4 Å². The normalized spacial score (nSPS) is 37.3. The molecule has 2 amide bonds. The van der Waals surface area contributed by atoms with Crippen LogP contribution >= 0.6 is 0 Å². The lowest BCUT2D eigenvalue weighted by molar-refractivity contribution is -0.169. The summed E-state index contributed by atoms with van der Waals surface area (Å²) in [5, 5.41) is 0. The molecule has 0 N–H and O–H groups in total. The Labute approximate surface area is 127 Å². The summed E-state index contributed by atoms with van der Waals surface area (Å²) < 4.78 is 0. The zero-order chi connectivity index (χ0) is 15.1. The maximum absolute atomic E-state index is 13.1. The van der Waals surface area contributed by atoms with Crippen LogP contribution in [0.3, 0.4) is 0 Å². The average Bonchev–Trinajstić information content (AvgIpc) is 2.88. The van der Waals surface area contributed by atoms with Gasteiger partial charge in [-0.2, -0.15) is 0 Å². The molecule has 3 fully saturated rings. The van der Waals surface area contributed by atoms with E-state index in [-0.39, 0.29) is 35.9 Å². The van der Waals surface area contributed by atoms with Gasteiger partial charge >= 0.3 is 0 Å². The first-order valence-electron chi connectivity index (χ1n) is 8.65. The molecule has 1 saturated carbocycles. The third-order valence-corrected chi connectivity index (χ3v) is 5.68. The summed E-state index contributed by atoms with van der Waals surface area (Å²) >= 11 is 0. The fourth-order valence-electron chi connectivity index (χ4n) is 4.57. The first-order valence-corrected chi connectivity index (χ1v) is 8.65.